The van der Waals surface area contributed by atoms with Crippen molar-refractivity contribution < 1.29 is 9.90 Å². The topological polar surface area (TPSA) is 89.7 Å². The number of benzene rings is 1. The number of carbonyl (C=O) groups is 1. The van der Waals surface area contributed by atoms with Crippen LogP contribution in [0.15, 0.2) is 51.9 Å². The third-order valence-electron chi connectivity index (χ3n) is 6.03. The summed E-state index contributed by atoms with van der Waals surface area (Å²) in [5, 5.41) is 21.5. The molecule has 0 aromatic heterocycles. The number of aliphatic hydroxyl groups excluding tert-OH is 1. The zero-order chi connectivity index (χ0) is 23.9. The highest BCUT2D eigenvalue weighted by atomic mass is 16.3. The summed E-state index contributed by atoms with van der Waals surface area (Å²) in [4.78, 5) is 14.5. The summed E-state index contributed by atoms with van der Waals surface area (Å²) >= 11 is 0. The molecule has 0 bridgehead atoms. The van der Waals surface area contributed by atoms with Crippen molar-refractivity contribution in [3.05, 3.63) is 47.5 Å². The van der Waals surface area contributed by atoms with Crippen molar-refractivity contribution in [1.82, 2.24) is 10.4 Å². The van der Waals surface area contributed by atoms with Crippen molar-refractivity contribution in [2.24, 2.45) is 15.4 Å². The van der Waals surface area contributed by atoms with Gasteiger partial charge in [-0.25, -0.2) is 0 Å². The molecule has 2 atom stereocenters. The molecule has 0 saturated carbocycles. The van der Waals surface area contributed by atoms with Gasteiger partial charge in [-0.2, -0.15) is 15.8 Å². The van der Waals surface area contributed by atoms with Crippen molar-refractivity contribution >= 4 is 12.1 Å². The molecule has 2 rings (SSSR count). The number of piperidine rings is 1. The molecule has 1 fully saturated rings. The molecule has 1 aliphatic heterocycles. The lowest BCUT2D eigenvalue weighted by Gasteiger charge is -2.34. The lowest BCUT2D eigenvalue weighted by molar-refractivity contribution is -0.135. The second-order valence-electron chi connectivity index (χ2n) is 9.01. The Morgan fingerprint density at radius 2 is 1.94 bits per heavy atom. The van der Waals surface area contributed by atoms with Gasteiger partial charge in [0.15, 0.2) is 0 Å². The van der Waals surface area contributed by atoms with Crippen molar-refractivity contribution in [3.8, 4) is 0 Å². The van der Waals surface area contributed by atoms with Crippen molar-refractivity contribution in [3.63, 3.8) is 0 Å². The van der Waals surface area contributed by atoms with Gasteiger partial charge < -0.3 is 10.0 Å². The molecule has 2 N–H and O–H groups in total. The first-order chi connectivity index (χ1) is 16.0. The number of carbonyl (C=O) groups excluding carboxylic acids is 1. The Morgan fingerprint density at radius 3 is 2.67 bits per heavy atom. The Morgan fingerprint density at radius 1 is 1.18 bits per heavy atom. The SMILES string of the molecule is CN=NN/N=C/CCCCCCN1C(=O)CCCC1/C=C/C(O)Cc1ccc(C(C)C)cc1. The number of hydrogen-bond donors (Lipinski definition) is 2. The number of unbranched alkanes of at least 4 members (excludes halogenated alkanes) is 4. The van der Waals surface area contributed by atoms with Crippen molar-refractivity contribution in [1.29, 1.82) is 0 Å². The third kappa shape index (κ3) is 10.3. The van der Waals surface area contributed by atoms with Crippen LogP contribution >= 0.6 is 0 Å². The molecule has 7 heteroatoms. The van der Waals surface area contributed by atoms with Crippen LogP contribution < -0.4 is 5.53 Å². The van der Waals surface area contributed by atoms with Crippen LogP contribution in [0.25, 0.3) is 0 Å². The minimum atomic E-state index is -0.538. The average Bonchev–Trinajstić information content (AvgIpc) is 2.80. The number of aliphatic hydroxyl groups is 1. The van der Waals surface area contributed by atoms with E-state index < -0.39 is 6.10 Å². The summed E-state index contributed by atoms with van der Waals surface area (Å²) in [6.07, 6.45) is 13.5. The Balaban J connectivity index is 1.74. The minimum absolute atomic E-state index is 0.0927. The van der Waals surface area contributed by atoms with Gasteiger partial charge in [-0.1, -0.05) is 68.3 Å². The molecule has 182 valence electrons. The fourth-order valence-corrected chi connectivity index (χ4v) is 4.09. The number of likely N-dealkylation sites (tertiary alicyclic amines) is 1. The normalized spacial score (nSPS) is 18.3. The summed E-state index contributed by atoms with van der Waals surface area (Å²) in [6.45, 7) is 5.15. The lowest BCUT2D eigenvalue weighted by atomic mass is 9.98. The van der Waals surface area contributed by atoms with Crippen molar-refractivity contribution in [2.45, 2.75) is 89.7 Å². The number of nitrogens with zero attached hydrogens (tertiary/aromatic N) is 4. The van der Waals surface area contributed by atoms with Crippen LogP contribution in [-0.4, -0.2) is 47.9 Å². The molecule has 0 spiro atoms. The van der Waals surface area contributed by atoms with E-state index in [-0.39, 0.29) is 11.9 Å². The quantitative estimate of drug-likeness (QED) is 0.133. The summed E-state index contributed by atoms with van der Waals surface area (Å²) in [5.41, 5.74) is 4.93. The van der Waals surface area contributed by atoms with E-state index in [0.29, 0.717) is 18.8 Å². The summed E-state index contributed by atoms with van der Waals surface area (Å²) < 4.78 is 0. The zero-order valence-electron chi connectivity index (χ0n) is 20.5. The van der Waals surface area contributed by atoms with Crippen LogP contribution in [0, 0.1) is 0 Å². The lowest BCUT2D eigenvalue weighted by Crippen LogP contribution is -2.43. The first-order valence-electron chi connectivity index (χ1n) is 12.3. The van der Waals surface area contributed by atoms with E-state index >= 15 is 0 Å². The van der Waals surface area contributed by atoms with Crippen LogP contribution in [0.2, 0.25) is 0 Å². The average molecular weight is 456 g/mol. The Kier molecular flexibility index (Phi) is 12.4. The zero-order valence-corrected chi connectivity index (χ0v) is 20.5. The van der Waals surface area contributed by atoms with Crippen LogP contribution in [0.4, 0.5) is 0 Å². The fourth-order valence-electron chi connectivity index (χ4n) is 4.09. The van der Waals surface area contributed by atoms with Gasteiger partial charge in [0.25, 0.3) is 0 Å². The molecule has 1 saturated heterocycles. The third-order valence-corrected chi connectivity index (χ3v) is 6.03. The van der Waals surface area contributed by atoms with E-state index in [9.17, 15) is 9.90 Å². The predicted octanol–water partition coefficient (Wildman–Crippen LogP) is 5.17. The number of rotatable bonds is 14. The first kappa shape index (κ1) is 26.7. The van der Waals surface area contributed by atoms with Crippen LogP contribution in [0.1, 0.15) is 82.3 Å². The van der Waals surface area contributed by atoms with Gasteiger partial charge >= 0.3 is 0 Å². The molecule has 7 nitrogen and oxygen atoms in total. The Bertz CT molecular complexity index is 773. The molecule has 33 heavy (non-hydrogen) atoms. The smallest absolute Gasteiger partial charge is 0.223 e. The molecular weight excluding hydrogens is 414 g/mol. The van der Waals surface area contributed by atoms with E-state index in [1.165, 1.54) is 5.56 Å². The number of amides is 1. The predicted molar refractivity (Wildman–Crippen MR) is 134 cm³/mol. The highest BCUT2D eigenvalue weighted by Crippen LogP contribution is 2.21. The van der Waals surface area contributed by atoms with Gasteiger partial charge in [0.05, 0.1) is 19.2 Å². The van der Waals surface area contributed by atoms with Gasteiger partial charge in [-0.15, -0.1) is 0 Å². The monoisotopic (exact) mass is 455 g/mol. The van der Waals surface area contributed by atoms with E-state index in [1.54, 1.807) is 7.05 Å². The Labute approximate surface area is 199 Å². The summed E-state index contributed by atoms with van der Waals surface area (Å²) in [7, 11) is 1.59. The van der Waals surface area contributed by atoms with Gasteiger partial charge in [0, 0.05) is 25.6 Å². The van der Waals surface area contributed by atoms with E-state index in [1.807, 2.05) is 23.3 Å². The van der Waals surface area contributed by atoms with E-state index in [2.05, 4.69) is 59.1 Å². The summed E-state index contributed by atoms with van der Waals surface area (Å²) in [6, 6.07) is 8.57. The molecular formula is C26H41N5O2. The van der Waals surface area contributed by atoms with Gasteiger partial charge in [0.2, 0.25) is 5.91 Å². The number of hydrazone groups is 1. The van der Waals surface area contributed by atoms with Crippen molar-refractivity contribution in [2.75, 3.05) is 13.6 Å². The standard InChI is InChI=1S/C26H41N5O2/c1-21(2)23-14-12-22(13-15-23)20-25(32)17-16-24-10-9-11-26(33)31(24)19-8-6-4-5-7-18-28-30-29-27-3/h12-18,21,24-25,32H,4-11,19-20H2,1-3H3,(H,27,30)/b17-16+,28-18+. The van der Waals surface area contributed by atoms with E-state index in [0.717, 1.165) is 57.1 Å². The second kappa shape index (κ2) is 15.3. The van der Waals surface area contributed by atoms with Crippen LogP contribution in [0.3, 0.4) is 0 Å². The molecule has 1 amide bonds. The largest absolute Gasteiger partial charge is 0.389 e. The molecule has 1 aromatic rings. The maximum Gasteiger partial charge on any atom is 0.223 e. The van der Waals surface area contributed by atoms with Gasteiger partial charge in [-0.3, -0.25) is 4.79 Å². The Hall–Kier alpha value is -2.54. The fraction of sp³-hybridized carbons (Fsp3) is 0.615. The number of hydrogen-bond acceptors (Lipinski definition) is 5. The first-order valence-corrected chi connectivity index (χ1v) is 12.3. The highest BCUT2D eigenvalue weighted by molar-refractivity contribution is 5.77. The van der Waals surface area contributed by atoms with Gasteiger partial charge in [-0.05, 0) is 49.1 Å². The van der Waals surface area contributed by atoms with Crippen LogP contribution in [0.5, 0.6) is 0 Å². The molecule has 2 unspecified atom stereocenters. The van der Waals surface area contributed by atoms with Gasteiger partial charge in [0.1, 0.15) is 0 Å². The summed E-state index contributed by atoms with van der Waals surface area (Å²) in [5.74, 6) is 0.742. The van der Waals surface area contributed by atoms with E-state index in [4.69, 9.17) is 0 Å². The molecule has 0 radical (unpaired) electrons. The number of nitrogens with one attached hydrogen (secondary N) is 1. The minimum Gasteiger partial charge on any atom is -0.389 e. The van der Waals surface area contributed by atoms with Crippen LogP contribution in [-0.2, 0) is 11.2 Å². The molecule has 1 heterocycles. The second-order valence-corrected chi connectivity index (χ2v) is 9.01. The molecule has 0 aliphatic carbocycles. The highest BCUT2D eigenvalue weighted by Gasteiger charge is 2.25. The molecule has 1 aliphatic rings. The molecule has 1 aromatic carbocycles. The maximum absolute atomic E-state index is 12.5. The maximum atomic E-state index is 12.5.